The molecule has 1 aromatic heterocycles. The summed E-state index contributed by atoms with van der Waals surface area (Å²) in [7, 11) is 0. The molecule has 156 valence electrons. The summed E-state index contributed by atoms with van der Waals surface area (Å²) in [6.07, 6.45) is 8.56. The summed E-state index contributed by atoms with van der Waals surface area (Å²) < 4.78 is 12.9. The van der Waals surface area contributed by atoms with Gasteiger partial charge in [-0.3, -0.25) is 4.99 Å². The second-order valence-electron chi connectivity index (χ2n) is 7.51. The predicted octanol–water partition coefficient (Wildman–Crippen LogP) is 2.29. The molecule has 1 aliphatic heterocycles. The number of benzene rings is 1. The van der Waals surface area contributed by atoms with Crippen LogP contribution in [-0.4, -0.2) is 46.6 Å². The van der Waals surface area contributed by atoms with E-state index in [1.807, 2.05) is 12.1 Å². The van der Waals surface area contributed by atoms with Crippen molar-refractivity contribution in [3.8, 4) is 11.5 Å². The van der Waals surface area contributed by atoms with Crippen LogP contribution in [0, 0.1) is 0 Å². The molecule has 1 aliphatic carbocycles. The number of aryl methyl sites for hydroxylation is 1. The lowest BCUT2D eigenvalue weighted by atomic mass is 10.1. The highest BCUT2D eigenvalue weighted by atomic mass is 16.7. The standard InChI is InChI=1S/C21H30N6O2/c1-2-20-26-24-14-27(20)12-11-23-21(25-17-5-3-4-6-17)22-10-9-16-7-8-18-19(13-16)29-15-28-18/h7-8,13-14,17H,2-6,9-12,15H2,1H3,(H2,22,23,25). The first-order chi connectivity index (χ1) is 14.3. The Bertz CT molecular complexity index is 828. The van der Waals surface area contributed by atoms with Crippen molar-refractivity contribution in [1.82, 2.24) is 25.4 Å². The van der Waals surface area contributed by atoms with E-state index in [9.17, 15) is 0 Å². The quantitative estimate of drug-likeness (QED) is 0.524. The third kappa shape index (κ3) is 5.19. The van der Waals surface area contributed by atoms with Gasteiger partial charge in [0.05, 0.1) is 0 Å². The molecule has 2 aliphatic rings. The van der Waals surface area contributed by atoms with E-state index in [1.165, 1.54) is 31.2 Å². The topological polar surface area (TPSA) is 85.6 Å². The van der Waals surface area contributed by atoms with Crippen molar-refractivity contribution in [3.63, 3.8) is 0 Å². The smallest absolute Gasteiger partial charge is 0.231 e. The summed E-state index contributed by atoms with van der Waals surface area (Å²) in [6.45, 7) is 4.73. The lowest BCUT2D eigenvalue weighted by molar-refractivity contribution is 0.174. The zero-order valence-electron chi connectivity index (χ0n) is 17.1. The number of nitrogens with zero attached hydrogens (tertiary/aromatic N) is 4. The van der Waals surface area contributed by atoms with E-state index in [0.717, 1.165) is 49.2 Å². The van der Waals surface area contributed by atoms with Gasteiger partial charge in [0, 0.05) is 32.1 Å². The van der Waals surface area contributed by atoms with E-state index >= 15 is 0 Å². The van der Waals surface area contributed by atoms with Crippen LogP contribution < -0.4 is 20.1 Å². The third-order valence-corrected chi connectivity index (χ3v) is 5.46. The molecular formula is C21H30N6O2. The molecule has 0 radical (unpaired) electrons. The summed E-state index contributed by atoms with van der Waals surface area (Å²) >= 11 is 0. The SMILES string of the molecule is CCc1nncn1CCNC(=NCCc1ccc2c(c1)OCO2)NC1CCCC1. The van der Waals surface area contributed by atoms with Gasteiger partial charge in [0.1, 0.15) is 12.2 Å². The van der Waals surface area contributed by atoms with Crippen LogP contribution in [0.3, 0.4) is 0 Å². The molecule has 0 amide bonds. The lowest BCUT2D eigenvalue weighted by Gasteiger charge is -2.18. The minimum Gasteiger partial charge on any atom is -0.454 e. The van der Waals surface area contributed by atoms with E-state index in [2.05, 4.69) is 38.4 Å². The van der Waals surface area contributed by atoms with E-state index in [-0.39, 0.29) is 0 Å². The van der Waals surface area contributed by atoms with Gasteiger partial charge in [-0.05, 0) is 37.0 Å². The zero-order valence-corrected chi connectivity index (χ0v) is 17.1. The van der Waals surface area contributed by atoms with Crippen molar-refractivity contribution in [1.29, 1.82) is 0 Å². The minimum atomic E-state index is 0.308. The highest BCUT2D eigenvalue weighted by Gasteiger charge is 2.16. The molecular weight excluding hydrogens is 368 g/mol. The molecule has 1 fully saturated rings. The molecule has 0 atom stereocenters. The summed E-state index contributed by atoms with van der Waals surface area (Å²) in [5.74, 6) is 3.55. The molecule has 0 unspecified atom stereocenters. The molecule has 29 heavy (non-hydrogen) atoms. The number of rotatable bonds is 8. The Morgan fingerprint density at radius 2 is 2.10 bits per heavy atom. The van der Waals surface area contributed by atoms with Gasteiger partial charge in [0.25, 0.3) is 0 Å². The van der Waals surface area contributed by atoms with Crippen molar-refractivity contribution >= 4 is 5.96 Å². The van der Waals surface area contributed by atoms with Crippen molar-refractivity contribution < 1.29 is 9.47 Å². The Hall–Kier alpha value is -2.77. The normalized spacial score (nSPS) is 16.4. The first-order valence-corrected chi connectivity index (χ1v) is 10.6. The van der Waals surface area contributed by atoms with Gasteiger partial charge in [-0.1, -0.05) is 25.8 Å². The van der Waals surface area contributed by atoms with Crippen molar-refractivity contribution in [2.24, 2.45) is 4.99 Å². The van der Waals surface area contributed by atoms with Crippen LogP contribution in [0.25, 0.3) is 0 Å². The summed E-state index contributed by atoms with van der Waals surface area (Å²) in [5.41, 5.74) is 1.20. The molecule has 2 N–H and O–H groups in total. The van der Waals surface area contributed by atoms with Crippen molar-refractivity contribution in [2.45, 2.75) is 58.0 Å². The average Bonchev–Trinajstić information content (AvgIpc) is 3.49. The maximum absolute atomic E-state index is 5.47. The fraction of sp³-hybridized carbons (Fsp3) is 0.571. The van der Waals surface area contributed by atoms with E-state index in [0.29, 0.717) is 19.4 Å². The Balaban J connectivity index is 1.32. The van der Waals surface area contributed by atoms with Gasteiger partial charge in [0.2, 0.25) is 6.79 Å². The predicted molar refractivity (Wildman–Crippen MR) is 111 cm³/mol. The Kier molecular flexibility index (Phi) is 6.49. The molecule has 1 aromatic carbocycles. The van der Waals surface area contributed by atoms with Crippen LogP contribution in [0.15, 0.2) is 29.5 Å². The fourth-order valence-corrected chi connectivity index (χ4v) is 3.84. The van der Waals surface area contributed by atoms with Crippen molar-refractivity contribution in [3.05, 3.63) is 35.9 Å². The van der Waals surface area contributed by atoms with Gasteiger partial charge in [0.15, 0.2) is 17.5 Å². The van der Waals surface area contributed by atoms with E-state index in [4.69, 9.17) is 14.5 Å². The molecule has 1 saturated carbocycles. The van der Waals surface area contributed by atoms with Crippen LogP contribution in [0.1, 0.15) is 44.0 Å². The van der Waals surface area contributed by atoms with Crippen LogP contribution in [0.4, 0.5) is 0 Å². The molecule has 0 spiro atoms. The molecule has 0 bridgehead atoms. The molecule has 0 saturated heterocycles. The Labute approximate surface area is 171 Å². The summed E-state index contributed by atoms with van der Waals surface area (Å²) in [5, 5.41) is 15.2. The highest BCUT2D eigenvalue weighted by Crippen LogP contribution is 2.32. The summed E-state index contributed by atoms with van der Waals surface area (Å²) in [4.78, 5) is 4.82. The molecule has 4 rings (SSSR count). The number of fused-ring (bicyclic) bond motifs is 1. The van der Waals surface area contributed by atoms with E-state index in [1.54, 1.807) is 6.33 Å². The van der Waals surface area contributed by atoms with Crippen LogP contribution in [0.5, 0.6) is 11.5 Å². The Morgan fingerprint density at radius 1 is 1.24 bits per heavy atom. The average molecular weight is 399 g/mol. The van der Waals surface area contributed by atoms with Gasteiger partial charge < -0.3 is 24.7 Å². The first-order valence-electron chi connectivity index (χ1n) is 10.6. The lowest BCUT2D eigenvalue weighted by Crippen LogP contribution is -2.43. The van der Waals surface area contributed by atoms with Crippen molar-refractivity contribution in [2.75, 3.05) is 19.9 Å². The number of aliphatic imine (C=N–C) groups is 1. The maximum Gasteiger partial charge on any atom is 0.231 e. The molecule has 2 aromatic rings. The number of nitrogens with one attached hydrogen (secondary N) is 2. The second-order valence-corrected chi connectivity index (χ2v) is 7.51. The number of hydrogen-bond donors (Lipinski definition) is 2. The zero-order chi connectivity index (χ0) is 19.9. The minimum absolute atomic E-state index is 0.308. The highest BCUT2D eigenvalue weighted by molar-refractivity contribution is 5.80. The Morgan fingerprint density at radius 3 is 2.97 bits per heavy atom. The number of hydrogen-bond acceptors (Lipinski definition) is 5. The fourth-order valence-electron chi connectivity index (χ4n) is 3.84. The van der Waals surface area contributed by atoms with Crippen LogP contribution >= 0.6 is 0 Å². The van der Waals surface area contributed by atoms with Crippen LogP contribution in [0.2, 0.25) is 0 Å². The third-order valence-electron chi connectivity index (χ3n) is 5.46. The van der Waals surface area contributed by atoms with Gasteiger partial charge in [-0.2, -0.15) is 0 Å². The first kappa shape index (κ1) is 19.5. The number of guanidine groups is 1. The molecule has 8 heteroatoms. The van der Waals surface area contributed by atoms with Gasteiger partial charge in [-0.25, -0.2) is 0 Å². The molecule has 2 heterocycles. The number of aromatic nitrogens is 3. The van der Waals surface area contributed by atoms with Gasteiger partial charge >= 0.3 is 0 Å². The largest absolute Gasteiger partial charge is 0.454 e. The van der Waals surface area contributed by atoms with Crippen LogP contribution in [-0.2, 0) is 19.4 Å². The maximum atomic E-state index is 5.47. The summed E-state index contributed by atoms with van der Waals surface area (Å²) in [6, 6.07) is 6.63. The second kappa shape index (κ2) is 9.62. The molecule has 8 nitrogen and oxygen atoms in total. The number of ether oxygens (including phenoxy) is 2. The van der Waals surface area contributed by atoms with Gasteiger partial charge in [-0.15, -0.1) is 10.2 Å². The monoisotopic (exact) mass is 398 g/mol. The van der Waals surface area contributed by atoms with E-state index < -0.39 is 0 Å².